The van der Waals surface area contributed by atoms with Gasteiger partial charge in [0.15, 0.2) is 16.3 Å². The van der Waals surface area contributed by atoms with E-state index in [0.29, 0.717) is 0 Å². The molecule has 5 aromatic rings. The number of aromatic nitrogens is 1. The summed E-state index contributed by atoms with van der Waals surface area (Å²) in [6.45, 7) is 0. The van der Waals surface area contributed by atoms with Gasteiger partial charge in [0.1, 0.15) is 0 Å². The van der Waals surface area contributed by atoms with Crippen molar-refractivity contribution in [2.75, 3.05) is 0 Å². The predicted octanol–water partition coefficient (Wildman–Crippen LogP) is 6.95. The van der Waals surface area contributed by atoms with Crippen molar-refractivity contribution in [2.45, 2.75) is 6.18 Å². The molecule has 0 saturated carbocycles. The predicted molar refractivity (Wildman–Crippen MR) is 149 cm³/mol. The number of pyridine rings is 1. The van der Waals surface area contributed by atoms with Gasteiger partial charge in [-0.1, -0.05) is 121 Å². The average molecular weight is 547 g/mol. The molecular formula is C30H22F3NO2P2. The molecule has 1 aromatic heterocycles. The number of hydrogen-bond donors (Lipinski definition) is 0. The largest absolute Gasteiger partial charge is 0.447 e. The van der Waals surface area contributed by atoms with E-state index in [9.17, 15) is 13.2 Å². The number of nitrogens with zero attached hydrogens (tertiary/aromatic N) is 1. The van der Waals surface area contributed by atoms with E-state index >= 15 is 0 Å². The first-order valence-corrected chi connectivity index (χ1v) is 14.2. The summed E-state index contributed by atoms with van der Waals surface area (Å²) in [4.78, 5) is 4.42. The lowest BCUT2D eigenvalue weighted by molar-refractivity contribution is -0.137. The van der Waals surface area contributed by atoms with Gasteiger partial charge >= 0.3 is 6.18 Å². The molecule has 0 amide bonds. The third-order valence-electron chi connectivity index (χ3n) is 5.44. The van der Waals surface area contributed by atoms with Crippen molar-refractivity contribution in [1.82, 2.24) is 4.98 Å². The minimum Gasteiger partial charge on any atom is -0.447 e. The Kier molecular flexibility index (Phi) is 8.03. The van der Waals surface area contributed by atoms with Gasteiger partial charge in [0.05, 0.1) is 5.56 Å². The molecule has 8 heteroatoms. The Morgan fingerprint density at radius 2 is 0.763 bits per heavy atom. The molecule has 0 radical (unpaired) electrons. The van der Waals surface area contributed by atoms with Crippen LogP contribution in [0.25, 0.3) is 0 Å². The lowest BCUT2D eigenvalue weighted by Crippen LogP contribution is -2.17. The summed E-state index contributed by atoms with van der Waals surface area (Å²) in [6.07, 6.45) is -4.61. The highest BCUT2D eigenvalue weighted by molar-refractivity contribution is 7.69. The average Bonchev–Trinajstić information content (AvgIpc) is 2.96. The first-order valence-electron chi connectivity index (χ1n) is 11.7. The molecule has 0 atom stereocenters. The molecule has 0 N–H and O–H groups in total. The molecule has 190 valence electrons. The normalized spacial score (nSPS) is 11.5. The lowest BCUT2D eigenvalue weighted by Gasteiger charge is -2.22. The van der Waals surface area contributed by atoms with E-state index in [2.05, 4.69) is 4.98 Å². The summed E-state index contributed by atoms with van der Waals surface area (Å²) < 4.78 is 54.4. The van der Waals surface area contributed by atoms with Gasteiger partial charge in [-0.05, 0) is 0 Å². The number of halogens is 3. The summed E-state index contributed by atoms with van der Waals surface area (Å²) in [5.41, 5.74) is -0.885. The van der Waals surface area contributed by atoms with Crippen LogP contribution in [-0.4, -0.2) is 4.98 Å². The van der Waals surface area contributed by atoms with Gasteiger partial charge in [-0.15, -0.1) is 0 Å². The van der Waals surface area contributed by atoms with Crippen LogP contribution in [0.4, 0.5) is 13.2 Å². The molecule has 4 aromatic carbocycles. The van der Waals surface area contributed by atoms with Gasteiger partial charge in [-0.25, -0.2) is 0 Å². The third-order valence-corrected chi connectivity index (χ3v) is 9.25. The first-order chi connectivity index (χ1) is 18.5. The molecule has 3 nitrogen and oxygen atoms in total. The zero-order valence-corrected chi connectivity index (χ0v) is 21.8. The Balaban J connectivity index is 1.56. The molecule has 0 aliphatic rings. The Morgan fingerprint density at radius 3 is 1.03 bits per heavy atom. The van der Waals surface area contributed by atoms with Crippen LogP contribution < -0.4 is 30.3 Å². The fourth-order valence-corrected chi connectivity index (χ4v) is 7.04. The van der Waals surface area contributed by atoms with Crippen LogP contribution in [-0.2, 0) is 6.18 Å². The van der Waals surface area contributed by atoms with Gasteiger partial charge in [-0.3, -0.25) is 0 Å². The maximum Gasteiger partial charge on any atom is 0.416 e. The van der Waals surface area contributed by atoms with Gasteiger partial charge in [0.25, 0.3) is 0 Å². The first kappa shape index (κ1) is 25.9. The maximum atomic E-state index is 14.0. The molecule has 1 heterocycles. The van der Waals surface area contributed by atoms with Crippen molar-refractivity contribution in [3.05, 3.63) is 139 Å². The number of hydrogen-bond acceptors (Lipinski definition) is 3. The zero-order chi connectivity index (χ0) is 26.4. The number of benzene rings is 4. The fourth-order valence-electron chi connectivity index (χ4n) is 3.69. The Hall–Kier alpha value is -3.72. The Labute approximate surface area is 221 Å². The molecule has 5 rings (SSSR count). The molecule has 0 aliphatic carbocycles. The summed E-state index contributed by atoms with van der Waals surface area (Å²) >= 11 is 0. The second-order valence-corrected chi connectivity index (χ2v) is 11.8. The van der Waals surface area contributed by atoms with E-state index in [1.54, 1.807) is 0 Å². The second-order valence-electron chi connectivity index (χ2n) is 8.14. The van der Waals surface area contributed by atoms with Gasteiger partial charge < -0.3 is 9.05 Å². The fraction of sp³-hybridized carbons (Fsp3) is 0.0333. The van der Waals surface area contributed by atoms with E-state index in [1.807, 2.05) is 121 Å². The Bertz CT molecular complexity index is 1270. The van der Waals surface area contributed by atoms with Crippen molar-refractivity contribution in [2.24, 2.45) is 0 Å². The molecule has 0 spiro atoms. The van der Waals surface area contributed by atoms with E-state index in [4.69, 9.17) is 9.05 Å². The molecule has 0 aliphatic heterocycles. The van der Waals surface area contributed by atoms with E-state index in [-0.39, 0.29) is 11.8 Å². The van der Waals surface area contributed by atoms with Gasteiger partial charge in [0, 0.05) is 33.4 Å². The van der Waals surface area contributed by atoms with Gasteiger partial charge in [0.2, 0.25) is 11.8 Å². The maximum absolute atomic E-state index is 14.0. The quantitative estimate of drug-likeness (QED) is 0.197. The number of rotatable bonds is 8. The topological polar surface area (TPSA) is 31.4 Å². The molecule has 0 fully saturated rings. The van der Waals surface area contributed by atoms with Crippen molar-refractivity contribution < 1.29 is 22.2 Å². The smallest absolute Gasteiger partial charge is 0.416 e. The van der Waals surface area contributed by atoms with Crippen LogP contribution >= 0.6 is 16.3 Å². The van der Waals surface area contributed by atoms with Crippen LogP contribution in [0.2, 0.25) is 0 Å². The minimum atomic E-state index is -4.61. The van der Waals surface area contributed by atoms with E-state index < -0.39 is 28.0 Å². The molecular weight excluding hydrogens is 525 g/mol. The van der Waals surface area contributed by atoms with Crippen molar-refractivity contribution >= 4 is 37.5 Å². The second kappa shape index (κ2) is 11.8. The zero-order valence-electron chi connectivity index (χ0n) is 20.0. The summed E-state index contributed by atoms with van der Waals surface area (Å²) in [6, 6.07) is 39.5. The SMILES string of the molecule is FC(F)(F)c1cc(OP(c2ccccc2)c2ccccc2)nc(OP(c2ccccc2)c2ccccc2)c1. The van der Waals surface area contributed by atoms with Gasteiger partial charge in [-0.2, -0.15) is 18.2 Å². The minimum absolute atomic E-state index is 0.148. The molecule has 0 saturated heterocycles. The van der Waals surface area contributed by atoms with Crippen LogP contribution in [0.15, 0.2) is 133 Å². The highest BCUT2D eigenvalue weighted by Gasteiger charge is 2.33. The molecule has 0 unspecified atom stereocenters. The van der Waals surface area contributed by atoms with Crippen LogP contribution in [0, 0.1) is 0 Å². The van der Waals surface area contributed by atoms with E-state index in [1.165, 1.54) is 0 Å². The standard InChI is InChI=1S/C30H22F3NO2P2/c31-30(32,33)23-21-28(35-37(24-13-5-1-6-14-24)25-15-7-2-8-16-25)34-29(22-23)36-38(26-17-9-3-10-18-26)27-19-11-4-12-20-27/h1-22H. The van der Waals surface area contributed by atoms with E-state index in [0.717, 1.165) is 33.4 Å². The molecule has 0 bridgehead atoms. The van der Waals surface area contributed by atoms with Crippen molar-refractivity contribution in [3.8, 4) is 11.8 Å². The lowest BCUT2D eigenvalue weighted by atomic mass is 10.2. The highest BCUT2D eigenvalue weighted by atomic mass is 31.1. The Morgan fingerprint density at radius 1 is 0.474 bits per heavy atom. The van der Waals surface area contributed by atoms with Crippen LogP contribution in [0.3, 0.4) is 0 Å². The van der Waals surface area contributed by atoms with Crippen molar-refractivity contribution in [1.29, 1.82) is 0 Å². The number of alkyl halides is 3. The van der Waals surface area contributed by atoms with Crippen LogP contribution in [0.5, 0.6) is 11.8 Å². The highest BCUT2D eigenvalue weighted by Crippen LogP contribution is 2.42. The summed E-state index contributed by atoms with van der Waals surface area (Å²) in [7, 11) is -2.95. The summed E-state index contributed by atoms with van der Waals surface area (Å²) in [5, 5.41) is 3.41. The monoisotopic (exact) mass is 547 g/mol. The van der Waals surface area contributed by atoms with Crippen LogP contribution in [0.1, 0.15) is 5.56 Å². The summed E-state index contributed by atoms with van der Waals surface area (Å²) in [5.74, 6) is -0.297. The van der Waals surface area contributed by atoms with Crippen molar-refractivity contribution in [3.63, 3.8) is 0 Å². The third kappa shape index (κ3) is 6.39. The molecule has 38 heavy (non-hydrogen) atoms.